The third kappa shape index (κ3) is 6.85. The Labute approximate surface area is 230 Å². The minimum Gasteiger partial charge on any atom is -0.459 e. The van der Waals surface area contributed by atoms with Crippen molar-refractivity contribution < 1.29 is 38.5 Å². The number of hydrogen-bond acceptors (Lipinski definition) is 8. The molecule has 0 bridgehead atoms. The van der Waals surface area contributed by atoms with E-state index < -0.39 is 59.1 Å². The molecular formula is C31H40O8. The van der Waals surface area contributed by atoms with Crippen LogP contribution in [0.5, 0.6) is 0 Å². The first kappa shape index (κ1) is 30.3. The Balaban J connectivity index is 2.17. The highest BCUT2D eigenvalue weighted by Gasteiger charge is 2.58. The van der Waals surface area contributed by atoms with Gasteiger partial charge in [0.1, 0.15) is 29.7 Å². The quantitative estimate of drug-likeness (QED) is 0.335. The number of hydrogen-bond donors (Lipinski definition) is 1. The molecule has 0 saturated heterocycles. The van der Waals surface area contributed by atoms with Gasteiger partial charge in [-0.25, -0.2) is 4.79 Å². The molecule has 1 N–H and O–H groups in total. The molecule has 0 heterocycles. The Morgan fingerprint density at radius 2 is 1.59 bits per heavy atom. The van der Waals surface area contributed by atoms with Crippen LogP contribution in [-0.2, 0) is 28.6 Å². The van der Waals surface area contributed by atoms with Crippen LogP contribution in [0.1, 0.15) is 71.7 Å². The van der Waals surface area contributed by atoms with E-state index in [0.717, 1.165) is 0 Å². The molecule has 0 aromatic heterocycles. The zero-order valence-corrected chi connectivity index (χ0v) is 23.8. The van der Waals surface area contributed by atoms with Crippen molar-refractivity contribution in [2.45, 2.75) is 85.2 Å². The lowest BCUT2D eigenvalue weighted by atomic mass is 9.75. The fourth-order valence-electron chi connectivity index (χ4n) is 5.65. The minimum absolute atomic E-state index is 0.0593. The Morgan fingerprint density at radius 1 is 0.974 bits per heavy atom. The van der Waals surface area contributed by atoms with E-state index in [1.165, 1.54) is 13.8 Å². The molecule has 0 amide bonds. The van der Waals surface area contributed by atoms with Gasteiger partial charge in [-0.3, -0.25) is 14.4 Å². The molecule has 1 aromatic rings. The summed E-state index contributed by atoms with van der Waals surface area (Å²) in [6.07, 6.45) is 2.70. The van der Waals surface area contributed by atoms with Crippen LogP contribution in [-0.4, -0.2) is 52.7 Å². The maximum absolute atomic E-state index is 13.3. The number of aliphatic hydroxyl groups is 1. The number of fused-ring (bicyclic) bond motifs is 1. The molecule has 1 fully saturated rings. The lowest BCUT2D eigenvalue weighted by molar-refractivity contribution is -0.173. The van der Waals surface area contributed by atoms with Crippen molar-refractivity contribution >= 4 is 23.7 Å². The van der Waals surface area contributed by atoms with E-state index in [1.807, 2.05) is 13.8 Å². The molecule has 0 unspecified atom stereocenters. The van der Waals surface area contributed by atoms with Gasteiger partial charge in [0, 0.05) is 37.5 Å². The van der Waals surface area contributed by atoms with Crippen molar-refractivity contribution in [1.29, 1.82) is 0 Å². The summed E-state index contributed by atoms with van der Waals surface area (Å²) in [5.41, 5.74) is -1.61. The third-order valence-electron chi connectivity index (χ3n) is 7.82. The molecular weight excluding hydrogens is 500 g/mol. The molecule has 212 valence electrons. The number of esters is 3. The summed E-state index contributed by atoms with van der Waals surface area (Å²) < 4.78 is 17.3. The first-order valence-electron chi connectivity index (χ1n) is 13.4. The maximum Gasteiger partial charge on any atom is 0.338 e. The summed E-state index contributed by atoms with van der Waals surface area (Å²) >= 11 is 0. The summed E-state index contributed by atoms with van der Waals surface area (Å²) in [4.78, 5) is 50.6. The van der Waals surface area contributed by atoms with Crippen molar-refractivity contribution in [2.75, 3.05) is 0 Å². The van der Waals surface area contributed by atoms with Crippen molar-refractivity contribution in [3.05, 3.63) is 59.7 Å². The second-order valence-corrected chi connectivity index (χ2v) is 11.5. The van der Waals surface area contributed by atoms with Gasteiger partial charge in [0.2, 0.25) is 0 Å². The predicted molar refractivity (Wildman–Crippen MR) is 144 cm³/mol. The summed E-state index contributed by atoms with van der Waals surface area (Å²) in [5, 5.41) is 12.3. The normalized spacial score (nSPS) is 34.8. The number of ether oxygens (including phenoxy) is 3. The van der Waals surface area contributed by atoms with Gasteiger partial charge >= 0.3 is 17.9 Å². The monoisotopic (exact) mass is 540 g/mol. The van der Waals surface area contributed by atoms with E-state index in [1.54, 1.807) is 69.3 Å². The number of carbonyl (C=O) groups is 4. The largest absolute Gasteiger partial charge is 0.459 e. The molecule has 1 aromatic carbocycles. The van der Waals surface area contributed by atoms with Crippen LogP contribution in [0.15, 0.2) is 54.1 Å². The van der Waals surface area contributed by atoms with Crippen LogP contribution in [0.25, 0.3) is 0 Å². The second kappa shape index (κ2) is 11.9. The second-order valence-electron chi connectivity index (χ2n) is 11.5. The van der Waals surface area contributed by atoms with Crippen LogP contribution in [0.4, 0.5) is 0 Å². The summed E-state index contributed by atoms with van der Waals surface area (Å²) in [6.45, 7) is 11.5. The highest BCUT2D eigenvalue weighted by atomic mass is 16.6. The summed E-state index contributed by atoms with van der Waals surface area (Å²) in [7, 11) is 0. The summed E-state index contributed by atoms with van der Waals surface area (Å²) in [5.74, 6) is -3.39. The zero-order chi connectivity index (χ0) is 29.1. The Morgan fingerprint density at radius 3 is 2.18 bits per heavy atom. The van der Waals surface area contributed by atoms with Crippen LogP contribution in [0, 0.1) is 23.2 Å². The smallest absolute Gasteiger partial charge is 0.338 e. The SMILES string of the molecule is CC(=O)O[C@H]1CC(=O)C(C)(C)/C=C\[C@H](C)[C@H](OC(C)=O)[C@@]2(O)C[C@@H](C)[C@@H](OC(=O)c3ccccc3)[C@@H]2/C=C/1C. The first-order valence-corrected chi connectivity index (χ1v) is 13.4. The molecule has 7 atom stereocenters. The van der Waals surface area contributed by atoms with Crippen LogP contribution >= 0.6 is 0 Å². The molecule has 2 aliphatic carbocycles. The Hall–Kier alpha value is -3.26. The predicted octanol–water partition coefficient (Wildman–Crippen LogP) is 4.60. The van der Waals surface area contributed by atoms with Gasteiger partial charge in [-0.05, 0) is 50.8 Å². The Kier molecular flexibility index (Phi) is 9.21. The number of ketones is 1. The topological polar surface area (TPSA) is 116 Å². The van der Waals surface area contributed by atoms with Gasteiger partial charge in [-0.2, -0.15) is 0 Å². The fourth-order valence-corrected chi connectivity index (χ4v) is 5.65. The molecule has 8 nitrogen and oxygen atoms in total. The van der Waals surface area contributed by atoms with E-state index in [9.17, 15) is 24.3 Å². The molecule has 1 saturated carbocycles. The number of allylic oxidation sites excluding steroid dienone is 1. The van der Waals surface area contributed by atoms with Gasteiger partial charge in [-0.1, -0.05) is 50.3 Å². The molecule has 39 heavy (non-hydrogen) atoms. The fraction of sp³-hybridized carbons (Fsp3) is 0.548. The van der Waals surface area contributed by atoms with Crippen LogP contribution in [0.3, 0.4) is 0 Å². The molecule has 3 rings (SSSR count). The van der Waals surface area contributed by atoms with E-state index in [-0.39, 0.29) is 24.5 Å². The van der Waals surface area contributed by atoms with Crippen molar-refractivity contribution in [1.82, 2.24) is 0 Å². The van der Waals surface area contributed by atoms with Gasteiger partial charge in [0.05, 0.1) is 5.56 Å². The van der Waals surface area contributed by atoms with Crippen LogP contribution < -0.4 is 0 Å². The third-order valence-corrected chi connectivity index (χ3v) is 7.82. The van der Waals surface area contributed by atoms with E-state index in [2.05, 4.69) is 0 Å². The first-order chi connectivity index (χ1) is 18.2. The van der Waals surface area contributed by atoms with Gasteiger partial charge in [0.15, 0.2) is 0 Å². The van der Waals surface area contributed by atoms with Gasteiger partial charge in [0.25, 0.3) is 0 Å². The molecule has 0 aliphatic heterocycles. The van der Waals surface area contributed by atoms with Crippen molar-refractivity contribution in [3.63, 3.8) is 0 Å². The minimum atomic E-state index is -1.62. The molecule has 0 radical (unpaired) electrons. The van der Waals surface area contributed by atoms with Gasteiger partial charge in [-0.15, -0.1) is 0 Å². The molecule has 8 heteroatoms. The van der Waals surface area contributed by atoms with E-state index in [0.29, 0.717) is 11.1 Å². The highest BCUT2D eigenvalue weighted by Crippen LogP contribution is 2.48. The lowest BCUT2D eigenvalue weighted by Crippen LogP contribution is -2.52. The number of carbonyl (C=O) groups excluding carboxylic acids is 4. The maximum atomic E-state index is 13.3. The standard InChI is InChI=1S/C31H40O8/c1-18-13-14-30(6,7)26(34)16-25(37-21(4)32)19(2)15-24-27(39-29(35)23-11-9-8-10-12-23)20(3)17-31(24,36)28(18)38-22(5)33/h8-15,18,20,24-25,27-28,36H,16-17H2,1-7H3/b14-13-,19-15+/t18-,20+,24-,25-,27+,28-,31+/m0/s1. The van der Waals surface area contributed by atoms with Crippen molar-refractivity contribution in [3.8, 4) is 0 Å². The number of benzene rings is 1. The Bertz CT molecular complexity index is 1150. The zero-order valence-electron chi connectivity index (χ0n) is 23.8. The average Bonchev–Trinajstić information content (AvgIpc) is 3.09. The van der Waals surface area contributed by atoms with Crippen LogP contribution in [0.2, 0.25) is 0 Å². The summed E-state index contributed by atoms with van der Waals surface area (Å²) in [6, 6.07) is 8.56. The average molecular weight is 541 g/mol. The molecule has 2 aliphatic rings. The van der Waals surface area contributed by atoms with E-state index >= 15 is 0 Å². The highest BCUT2D eigenvalue weighted by molar-refractivity contribution is 5.89. The number of Topliss-reactive ketones (excluding diaryl/α,β-unsaturated/α-hetero) is 1. The van der Waals surface area contributed by atoms with Crippen molar-refractivity contribution in [2.24, 2.45) is 23.2 Å². The lowest BCUT2D eigenvalue weighted by Gasteiger charge is -2.40. The number of rotatable bonds is 4. The molecule has 0 spiro atoms. The van der Waals surface area contributed by atoms with E-state index in [4.69, 9.17) is 14.2 Å². The van der Waals surface area contributed by atoms with Gasteiger partial charge < -0.3 is 19.3 Å².